The number of furan rings is 1. The topological polar surface area (TPSA) is 85.0 Å². The van der Waals surface area contributed by atoms with Crippen LogP contribution in [-0.4, -0.2) is 15.1 Å². The molecule has 0 saturated carbocycles. The first-order valence-corrected chi connectivity index (χ1v) is 3.51. The number of nitro groups is 1. The van der Waals surface area contributed by atoms with Gasteiger partial charge in [-0.15, -0.1) is 0 Å². The lowest BCUT2D eigenvalue weighted by Crippen LogP contribution is -1.82. The van der Waals surface area contributed by atoms with Gasteiger partial charge in [0.2, 0.25) is 0 Å². The van der Waals surface area contributed by atoms with E-state index in [-0.39, 0.29) is 5.88 Å². The highest BCUT2D eigenvalue weighted by atomic mass is 16.6. The molecule has 2 heterocycles. The summed E-state index contributed by atoms with van der Waals surface area (Å²) in [5, 5.41) is 16.6. The molecular formula is C7H5N3O3. The molecule has 0 atom stereocenters. The standard InChI is InChI=1S/C7H5N3O3/c11-10(12)7-2-1-6(13-7)5-3-8-9-4-5/h1-4H,(H,8,9). The van der Waals surface area contributed by atoms with Crippen LogP contribution in [0.1, 0.15) is 0 Å². The van der Waals surface area contributed by atoms with E-state index >= 15 is 0 Å². The molecule has 6 heteroatoms. The van der Waals surface area contributed by atoms with Gasteiger partial charge in [0.25, 0.3) is 0 Å². The molecule has 0 spiro atoms. The van der Waals surface area contributed by atoms with E-state index in [1.165, 1.54) is 18.3 Å². The molecule has 0 aliphatic rings. The van der Waals surface area contributed by atoms with Crippen LogP contribution in [-0.2, 0) is 0 Å². The van der Waals surface area contributed by atoms with Crippen molar-refractivity contribution in [1.29, 1.82) is 0 Å². The highest BCUT2D eigenvalue weighted by Crippen LogP contribution is 2.24. The first kappa shape index (κ1) is 7.53. The van der Waals surface area contributed by atoms with E-state index in [1.807, 2.05) is 0 Å². The summed E-state index contributed by atoms with van der Waals surface area (Å²) < 4.78 is 4.93. The summed E-state index contributed by atoms with van der Waals surface area (Å²) in [6.07, 6.45) is 3.13. The van der Waals surface area contributed by atoms with E-state index in [4.69, 9.17) is 4.42 Å². The lowest BCUT2D eigenvalue weighted by molar-refractivity contribution is -0.401. The number of rotatable bonds is 2. The predicted molar refractivity (Wildman–Crippen MR) is 42.9 cm³/mol. The van der Waals surface area contributed by atoms with Gasteiger partial charge in [-0.2, -0.15) is 5.10 Å². The molecule has 2 rings (SSSR count). The fourth-order valence-corrected chi connectivity index (χ4v) is 0.967. The molecule has 6 nitrogen and oxygen atoms in total. The molecule has 13 heavy (non-hydrogen) atoms. The van der Waals surface area contributed by atoms with Gasteiger partial charge in [0.15, 0.2) is 0 Å². The number of nitrogens with zero attached hydrogens (tertiary/aromatic N) is 2. The van der Waals surface area contributed by atoms with E-state index < -0.39 is 4.92 Å². The smallest absolute Gasteiger partial charge is 0.401 e. The molecule has 2 aromatic heterocycles. The first-order chi connectivity index (χ1) is 6.27. The Labute approximate surface area is 72.3 Å². The van der Waals surface area contributed by atoms with Crippen molar-refractivity contribution in [2.75, 3.05) is 0 Å². The summed E-state index contributed by atoms with van der Waals surface area (Å²) in [7, 11) is 0. The maximum Gasteiger partial charge on any atom is 0.433 e. The number of H-pyrrole nitrogens is 1. The molecular weight excluding hydrogens is 174 g/mol. The highest BCUT2D eigenvalue weighted by Gasteiger charge is 2.12. The minimum atomic E-state index is -0.580. The normalized spacial score (nSPS) is 10.2. The minimum Gasteiger partial charge on any atom is -0.401 e. The van der Waals surface area contributed by atoms with Crippen molar-refractivity contribution in [3.8, 4) is 11.3 Å². The van der Waals surface area contributed by atoms with Crippen molar-refractivity contribution in [2.24, 2.45) is 0 Å². The number of hydrogen-bond donors (Lipinski definition) is 1. The van der Waals surface area contributed by atoms with Crippen LogP contribution in [0.3, 0.4) is 0 Å². The third kappa shape index (κ3) is 1.28. The van der Waals surface area contributed by atoms with E-state index in [0.29, 0.717) is 11.3 Å². The van der Waals surface area contributed by atoms with E-state index in [9.17, 15) is 10.1 Å². The summed E-state index contributed by atoms with van der Waals surface area (Å²) in [6.45, 7) is 0. The Kier molecular flexibility index (Phi) is 1.59. The van der Waals surface area contributed by atoms with Crippen molar-refractivity contribution in [3.05, 3.63) is 34.6 Å². The molecule has 0 radical (unpaired) electrons. The van der Waals surface area contributed by atoms with E-state index in [2.05, 4.69) is 10.2 Å². The van der Waals surface area contributed by atoms with Gasteiger partial charge < -0.3 is 4.42 Å². The second-order valence-corrected chi connectivity index (χ2v) is 2.38. The van der Waals surface area contributed by atoms with Crippen molar-refractivity contribution >= 4 is 5.88 Å². The Bertz CT molecular complexity index is 418. The number of nitrogens with one attached hydrogen (secondary N) is 1. The SMILES string of the molecule is O=[N+]([O-])c1ccc(-c2cn[nH]c2)o1. The summed E-state index contributed by atoms with van der Waals surface area (Å²) in [5.74, 6) is 0.164. The molecule has 0 fully saturated rings. The molecule has 0 unspecified atom stereocenters. The van der Waals surface area contributed by atoms with Gasteiger partial charge in [0.1, 0.15) is 10.7 Å². The number of hydrogen-bond acceptors (Lipinski definition) is 4. The molecule has 0 amide bonds. The maximum absolute atomic E-state index is 10.3. The lowest BCUT2D eigenvalue weighted by Gasteiger charge is -1.85. The van der Waals surface area contributed by atoms with E-state index in [1.54, 1.807) is 6.20 Å². The van der Waals surface area contributed by atoms with Gasteiger partial charge in [-0.3, -0.25) is 15.2 Å². The molecule has 2 aromatic rings. The zero-order valence-electron chi connectivity index (χ0n) is 6.43. The lowest BCUT2D eigenvalue weighted by atomic mass is 10.3. The first-order valence-electron chi connectivity index (χ1n) is 3.51. The molecule has 0 aliphatic carbocycles. The molecule has 0 saturated heterocycles. The third-order valence-corrected chi connectivity index (χ3v) is 1.55. The van der Waals surface area contributed by atoms with Crippen molar-refractivity contribution < 1.29 is 9.34 Å². The molecule has 0 bridgehead atoms. The largest absolute Gasteiger partial charge is 0.433 e. The van der Waals surface area contributed by atoms with Gasteiger partial charge >= 0.3 is 5.88 Å². The monoisotopic (exact) mass is 179 g/mol. The van der Waals surface area contributed by atoms with Gasteiger partial charge in [0, 0.05) is 6.20 Å². The van der Waals surface area contributed by atoms with Gasteiger partial charge in [-0.05, 0) is 6.07 Å². The van der Waals surface area contributed by atoms with Crippen molar-refractivity contribution in [3.63, 3.8) is 0 Å². The molecule has 66 valence electrons. The number of aromatic amines is 1. The van der Waals surface area contributed by atoms with E-state index in [0.717, 1.165) is 0 Å². The van der Waals surface area contributed by atoms with Crippen LogP contribution in [0.5, 0.6) is 0 Å². The molecule has 1 N–H and O–H groups in total. The quantitative estimate of drug-likeness (QED) is 0.560. The third-order valence-electron chi connectivity index (χ3n) is 1.55. The Morgan fingerprint density at radius 1 is 1.54 bits per heavy atom. The minimum absolute atomic E-state index is 0.267. The number of aromatic nitrogens is 2. The average molecular weight is 179 g/mol. The van der Waals surface area contributed by atoms with Crippen LogP contribution in [0.2, 0.25) is 0 Å². The molecule has 0 aromatic carbocycles. The summed E-state index contributed by atoms with van der Waals surface area (Å²) >= 11 is 0. The fraction of sp³-hybridized carbons (Fsp3) is 0. The molecule has 0 aliphatic heterocycles. The van der Waals surface area contributed by atoms with Crippen LogP contribution in [0.4, 0.5) is 5.88 Å². The van der Waals surface area contributed by atoms with Crippen LogP contribution >= 0.6 is 0 Å². The van der Waals surface area contributed by atoms with Gasteiger partial charge in [-0.1, -0.05) is 0 Å². The van der Waals surface area contributed by atoms with Crippen molar-refractivity contribution in [1.82, 2.24) is 10.2 Å². The van der Waals surface area contributed by atoms with Crippen LogP contribution in [0, 0.1) is 10.1 Å². The zero-order chi connectivity index (χ0) is 9.26. The second-order valence-electron chi connectivity index (χ2n) is 2.38. The Balaban J connectivity index is 2.39. The highest BCUT2D eigenvalue weighted by molar-refractivity contribution is 5.55. The van der Waals surface area contributed by atoms with Crippen LogP contribution < -0.4 is 0 Å². The zero-order valence-corrected chi connectivity index (χ0v) is 6.43. The average Bonchev–Trinajstić information content (AvgIpc) is 2.75. The summed E-state index contributed by atoms with van der Waals surface area (Å²) in [6, 6.07) is 2.84. The maximum atomic E-state index is 10.3. The summed E-state index contributed by atoms with van der Waals surface area (Å²) in [5.41, 5.74) is 0.688. The van der Waals surface area contributed by atoms with Gasteiger partial charge in [0.05, 0.1) is 17.8 Å². The second kappa shape index (κ2) is 2.74. The van der Waals surface area contributed by atoms with Crippen molar-refractivity contribution in [2.45, 2.75) is 0 Å². The Hall–Kier alpha value is -2.11. The van der Waals surface area contributed by atoms with Gasteiger partial charge in [-0.25, -0.2) is 0 Å². The fourth-order valence-electron chi connectivity index (χ4n) is 0.967. The van der Waals surface area contributed by atoms with Crippen LogP contribution in [0.25, 0.3) is 11.3 Å². The van der Waals surface area contributed by atoms with Crippen LogP contribution in [0.15, 0.2) is 28.9 Å². The predicted octanol–water partition coefficient (Wildman–Crippen LogP) is 1.58. The summed E-state index contributed by atoms with van der Waals surface area (Å²) in [4.78, 5) is 9.69. The Morgan fingerprint density at radius 2 is 2.38 bits per heavy atom. The Morgan fingerprint density at radius 3 is 2.92 bits per heavy atom.